The Morgan fingerprint density at radius 1 is 1.43 bits per heavy atom. The van der Waals surface area contributed by atoms with Crippen LogP contribution in [-0.4, -0.2) is 20.5 Å². The predicted molar refractivity (Wildman–Crippen MR) is 86.8 cm³/mol. The number of aliphatic imine (C=N–C) groups is 1. The highest BCUT2D eigenvalue weighted by Crippen LogP contribution is 2.35. The molecule has 2 N–H and O–H groups in total. The summed E-state index contributed by atoms with van der Waals surface area (Å²) >= 11 is 3.43. The summed E-state index contributed by atoms with van der Waals surface area (Å²) in [6.07, 6.45) is 3.65. The third-order valence-electron chi connectivity index (χ3n) is 3.64. The molecule has 108 valence electrons. The molecule has 5 nitrogen and oxygen atoms in total. The summed E-state index contributed by atoms with van der Waals surface area (Å²) in [5, 5.41) is 18.3. The van der Waals surface area contributed by atoms with Crippen LogP contribution in [0.3, 0.4) is 0 Å². The van der Waals surface area contributed by atoms with E-state index in [0.29, 0.717) is 12.2 Å². The summed E-state index contributed by atoms with van der Waals surface area (Å²) in [6, 6.07) is 5.92. The van der Waals surface area contributed by atoms with E-state index >= 15 is 0 Å². The first kappa shape index (κ1) is 13.9. The van der Waals surface area contributed by atoms with Crippen molar-refractivity contribution < 1.29 is 5.11 Å². The zero-order valence-corrected chi connectivity index (χ0v) is 13.3. The Kier molecular flexibility index (Phi) is 3.33. The molecular weight excluding hydrogens is 332 g/mol. The van der Waals surface area contributed by atoms with Gasteiger partial charge in [0.05, 0.1) is 5.69 Å². The van der Waals surface area contributed by atoms with Crippen molar-refractivity contribution in [3.63, 3.8) is 0 Å². The molecule has 3 rings (SSSR count). The van der Waals surface area contributed by atoms with Gasteiger partial charge >= 0.3 is 0 Å². The van der Waals surface area contributed by atoms with Gasteiger partial charge in [0.25, 0.3) is 0 Å². The predicted octanol–water partition coefficient (Wildman–Crippen LogP) is 3.05. The first-order chi connectivity index (χ1) is 10.0. The lowest BCUT2D eigenvalue weighted by Gasteiger charge is -2.02. The van der Waals surface area contributed by atoms with Crippen LogP contribution < -0.4 is 5.62 Å². The molecule has 1 aromatic carbocycles. The van der Waals surface area contributed by atoms with E-state index in [2.05, 4.69) is 20.9 Å². The summed E-state index contributed by atoms with van der Waals surface area (Å²) in [5.74, 6) is 0.108. The van der Waals surface area contributed by atoms with Crippen LogP contribution in [0.4, 0.5) is 5.69 Å². The molecule has 0 fully saturated rings. The van der Waals surface area contributed by atoms with Gasteiger partial charge in [0.2, 0.25) is 11.5 Å². The van der Waals surface area contributed by atoms with Crippen molar-refractivity contribution in [3.8, 4) is 5.88 Å². The number of fused-ring (bicyclic) bond motifs is 1. The highest BCUT2D eigenvalue weighted by atomic mass is 79.9. The minimum absolute atomic E-state index is 0.108. The van der Waals surface area contributed by atoms with E-state index in [9.17, 15) is 5.11 Å². The summed E-state index contributed by atoms with van der Waals surface area (Å²) in [5.41, 5.74) is 3.73. The summed E-state index contributed by atoms with van der Waals surface area (Å²) < 4.78 is 4.20. The first-order valence-corrected chi connectivity index (χ1v) is 7.41. The van der Waals surface area contributed by atoms with Crippen LogP contribution in [0.5, 0.6) is 5.88 Å². The normalized spacial score (nSPS) is 14.9. The number of halogens is 1. The summed E-state index contributed by atoms with van der Waals surface area (Å²) in [7, 11) is 1.77. The Morgan fingerprint density at radius 3 is 2.86 bits per heavy atom. The molecule has 1 aromatic heterocycles. The van der Waals surface area contributed by atoms with Gasteiger partial charge in [0.1, 0.15) is 5.69 Å². The van der Waals surface area contributed by atoms with Gasteiger partial charge in [0.15, 0.2) is 0 Å². The van der Waals surface area contributed by atoms with Crippen LogP contribution >= 0.6 is 15.9 Å². The molecule has 0 spiro atoms. The fraction of sp³-hybridized carbons (Fsp3) is 0.200. The van der Waals surface area contributed by atoms with Gasteiger partial charge in [-0.05, 0) is 25.1 Å². The van der Waals surface area contributed by atoms with E-state index in [-0.39, 0.29) is 11.5 Å². The lowest BCUT2D eigenvalue weighted by molar-refractivity contribution is 0.415. The first-order valence-electron chi connectivity index (χ1n) is 6.61. The van der Waals surface area contributed by atoms with E-state index in [1.54, 1.807) is 22.4 Å². The van der Waals surface area contributed by atoms with E-state index in [0.717, 1.165) is 21.3 Å². The molecule has 0 amide bonds. The van der Waals surface area contributed by atoms with E-state index in [4.69, 9.17) is 5.41 Å². The number of nitrogens with zero attached hydrogens (tertiary/aromatic N) is 3. The molecule has 0 saturated carbocycles. The Morgan fingerprint density at radius 2 is 2.19 bits per heavy atom. The van der Waals surface area contributed by atoms with Crippen LogP contribution in [0, 0.1) is 5.41 Å². The van der Waals surface area contributed by atoms with Crippen molar-refractivity contribution in [3.05, 3.63) is 39.5 Å². The Labute approximate surface area is 130 Å². The number of allylic oxidation sites excluding steroid dienone is 1. The fourth-order valence-corrected chi connectivity index (χ4v) is 2.82. The smallest absolute Gasteiger partial charge is 0.218 e. The molecule has 6 heteroatoms. The van der Waals surface area contributed by atoms with Gasteiger partial charge < -0.3 is 9.67 Å². The van der Waals surface area contributed by atoms with Gasteiger partial charge in [-0.25, -0.2) is 0 Å². The lowest BCUT2D eigenvalue weighted by Crippen LogP contribution is -2.22. The Hall–Kier alpha value is -2.08. The third kappa shape index (κ3) is 2.15. The quantitative estimate of drug-likeness (QED) is 0.862. The van der Waals surface area contributed by atoms with Gasteiger partial charge in [0, 0.05) is 35.4 Å². The largest absolute Gasteiger partial charge is 0.493 e. The van der Waals surface area contributed by atoms with Crippen LogP contribution in [0.15, 0.2) is 27.7 Å². The maximum atomic E-state index is 10.3. The van der Waals surface area contributed by atoms with Crippen LogP contribution in [0.1, 0.15) is 18.2 Å². The number of aromatic hydroxyl groups is 1. The summed E-state index contributed by atoms with van der Waals surface area (Å²) in [4.78, 5) is 4.38. The number of aromatic nitrogens is 2. The highest BCUT2D eigenvalue weighted by Gasteiger charge is 2.16. The molecule has 1 aliphatic heterocycles. The van der Waals surface area contributed by atoms with Crippen molar-refractivity contribution >= 4 is 39.5 Å². The molecule has 0 unspecified atom stereocenters. The van der Waals surface area contributed by atoms with Gasteiger partial charge in [-0.1, -0.05) is 22.0 Å². The number of benzene rings is 1. The topological polar surface area (TPSA) is 66.3 Å². The second-order valence-electron chi connectivity index (χ2n) is 4.86. The SMILES string of the molecule is CCn1c(O)c(/C=C2/C=Nc3cc(Br)ccc32)n(C)c1=N. The van der Waals surface area contributed by atoms with E-state index in [1.165, 1.54) is 0 Å². The molecule has 2 heterocycles. The van der Waals surface area contributed by atoms with E-state index in [1.807, 2.05) is 31.2 Å². The number of rotatable bonds is 2. The van der Waals surface area contributed by atoms with E-state index < -0.39 is 0 Å². The molecule has 0 atom stereocenters. The maximum absolute atomic E-state index is 10.3. The lowest BCUT2D eigenvalue weighted by atomic mass is 10.1. The molecule has 0 saturated heterocycles. The molecule has 1 aliphatic rings. The van der Waals surface area contributed by atoms with Gasteiger partial charge in [-0.15, -0.1) is 0 Å². The zero-order valence-electron chi connectivity index (χ0n) is 11.8. The average molecular weight is 347 g/mol. The molecule has 0 aliphatic carbocycles. The number of hydrogen-bond acceptors (Lipinski definition) is 3. The number of imidazole rings is 1. The van der Waals surface area contributed by atoms with Gasteiger partial charge in [-0.2, -0.15) is 0 Å². The average Bonchev–Trinajstić information content (AvgIpc) is 2.94. The standard InChI is InChI=1S/C15H15BrN4O/c1-3-20-14(21)13(19(2)15(20)17)6-9-8-18-12-7-10(16)4-5-11(9)12/h4-8,17,21H,3H2,1-2H3/b9-6-,17-15?. The number of hydrogen-bond donors (Lipinski definition) is 2. The van der Waals surface area contributed by atoms with Crippen molar-refractivity contribution in [2.24, 2.45) is 12.0 Å². The zero-order chi connectivity index (χ0) is 15.1. The molecule has 2 aromatic rings. The summed E-state index contributed by atoms with van der Waals surface area (Å²) in [6.45, 7) is 2.46. The second kappa shape index (κ2) is 5.04. The Bertz CT molecular complexity index is 842. The van der Waals surface area contributed by atoms with Crippen LogP contribution in [0.2, 0.25) is 0 Å². The molecule has 0 radical (unpaired) electrons. The van der Waals surface area contributed by atoms with Crippen molar-refractivity contribution in [2.45, 2.75) is 13.5 Å². The van der Waals surface area contributed by atoms with Crippen molar-refractivity contribution in [2.75, 3.05) is 0 Å². The Balaban J connectivity index is 2.15. The number of nitrogens with one attached hydrogen (secondary N) is 1. The fourth-order valence-electron chi connectivity index (χ4n) is 2.47. The van der Waals surface area contributed by atoms with Crippen molar-refractivity contribution in [1.29, 1.82) is 5.41 Å². The second-order valence-corrected chi connectivity index (χ2v) is 5.77. The minimum Gasteiger partial charge on any atom is -0.493 e. The monoisotopic (exact) mass is 346 g/mol. The highest BCUT2D eigenvalue weighted by molar-refractivity contribution is 9.10. The molecule has 0 bridgehead atoms. The maximum Gasteiger partial charge on any atom is 0.218 e. The third-order valence-corrected chi connectivity index (χ3v) is 4.13. The minimum atomic E-state index is 0.108. The van der Waals surface area contributed by atoms with Crippen LogP contribution in [0.25, 0.3) is 11.6 Å². The van der Waals surface area contributed by atoms with Crippen LogP contribution in [-0.2, 0) is 13.6 Å². The van der Waals surface area contributed by atoms with Gasteiger partial charge in [-0.3, -0.25) is 15.0 Å². The molecular formula is C15H15BrN4O. The van der Waals surface area contributed by atoms with Crippen molar-refractivity contribution in [1.82, 2.24) is 9.13 Å². The molecule has 21 heavy (non-hydrogen) atoms.